The van der Waals surface area contributed by atoms with Gasteiger partial charge < -0.3 is 15.7 Å². The average Bonchev–Trinajstić information content (AvgIpc) is 2.35. The second-order valence-electron chi connectivity index (χ2n) is 4.87. The van der Waals surface area contributed by atoms with Gasteiger partial charge in [0, 0.05) is 38.8 Å². The highest BCUT2D eigenvalue weighted by Gasteiger charge is 2.21. The fraction of sp³-hybridized carbons (Fsp3) is 0.917. The zero-order chi connectivity index (χ0) is 12.8. The first-order valence-corrected chi connectivity index (χ1v) is 6.49. The summed E-state index contributed by atoms with van der Waals surface area (Å²) in [5.74, 6) is -0.900. The van der Waals surface area contributed by atoms with Gasteiger partial charge in [-0.1, -0.05) is 6.92 Å². The van der Waals surface area contributed by atoms with Crippen molar-refractivity contribution < 1.29 is 9.90 Å². The molecule has 1 rings (SSSR count). The Morgan fingerprint density at radius 2 is 1.94 bits per heavy atom. The predicted molar refractivity (Wildman–Crippen MR) is 68.0 cm³/mol. The Labute approximate surface area is 104 Å². The molecule has 0 saturated carbocycles. The molecule has 0 amide bonds. The minimum absolute atomic E-state index is 0.540. The van der Waals surface area contributed by atoms with Crippen molar-refractivity contribution in [3.05, 3.63) is 0 Å². The monoisotopic (exact) mass is 243 g/mol. The van der Waals surface area contributed by atoms with Gasteiger partial charge >= 0.3 is 5.97 Å². The molecule has 1 heterocycles. The summed E-state index contributed by atoms with van der Waals surface area (Å²) >= 11 is 0. The Morgan fingerprint density at radius 1 is 1.35 bits per heavy atom. The van der Waals surface area contributed by atoms with E-state index in [1.165, 1.54) is 6.42 Å². The summed E-state index contributed by atoms with van der Waals surface area (Å²) in [4.78, 5) is 15.4. The molecule has 0 aliphatic carbocycles. The number of carbonyl (C=O) groups is 1. The van der Waals surface area contributed by atoms with Gasteiger partial charge in [-0.2, -0.15) is 0 Å². The van der Waals surface area contributed by atoms with Crippen LogP contribution in [0.15, 0.2) is 0 Å². The average molecular weight is 243 g/mol. The lowest BCUT2D eigenvalue weighted by Gasteiger charge is -2.38. The van der Waals surface area contributed by atoms with E-state index < -0.39 is 12.0 Å². The number of hydrogen-bond acceptors (Lipinski definition) is 4. The molecule has 0 aromatic carbocycles. The van der Waals surface area contributed by atoms with E-state index in [1.54, 1.807) is 0 Å². The van der Waals surface area contributed by atoms with Crippen molar-refractivity contribution in [1.82, 2.24) is 9.80 Å². The number of piperazine rings is 1. The first-order chi connectivity index (χ1) is 8.04. The van der Waals surface area contributed by atoms with Crippen LogP contribution in [-0.2, 0) is 4.79 Å². The SMILES string of the molecule is CCC(C)N1CCN(CCC(N)C(=O)O)CC1. The fourth-order valence-corrected chi connectivity index (χ4v) is 2.13. The summed E-state index contributed by atoms with van der Waals surface area (Å²) in [6, 6.07) is -0.0685. The lowest BCUT2D eigenvalue weighted by Crippen LogP contribution is -2.50. The van der Waals surface area contributed by atoms with Crippen LogP contribution in [0.3, 0.4) is 0 Å². The summed E-state index contributed by atoms with van der Waals surface area (Å²) in [5.41, 5.74) is 5.49. The Morgan fingerprint density at radius 3 is 2.41 bits per heavy atom. The van der Waals surface area contributed by atoms with Crippen LogP contribution in [-0.4, -0.2) is 65.7 Å². The topological polar surface area (TPSA) is 69.8 Å². The van der Waals surface area contributed by atoms with E-state index in [2.05, 4.69) is 23.6 Å². The molecule has 1 aliphatic heterocycles. The van der Waals surface area contributed by atoms with Gasteiger partial charge in [0.2, 0.25) is 0 Å². The fourth-order valence-electron chi connectivity index (χ4n) is 2.13. The van der Waals surface area contributed by atoms with Crippen molar-refractivity contribution in [1.29, 1.82) is 0 Å². The highest BCUT2D eigenvalue weighted by atomic mass is 16.4. The van der Waals surface area contributed by atoms with Crippen molar-refractivity contribution in [3.8, 4) is 0 Å². The Hall–Kier alpha value is -0.650. The number of rotatable bonds is 6. The maximum Gasteiger partial charge on any atom is 0.320 e. The lowest BCUT2D eigenvalue weighted by atomic mass is 10.1. The summed E-state index contributed by atoms with van der Waals surface area (Å²) in [6.07, 6.45) is 1.72. The molecule has 5 nitrogen and oxygen atoms in total. The van der Waals surface area contributed by atoms with Crippen LogP contribution in [0.25, 0.3) is 0 Å². The molecule has 0 radical (unpaired) electrons. The Balaban J connectivity index is 2.21. The van der Waals surface area contributed by atoms with E-state index >= 15 is 0 Å². The molecule has 2 atom stereocenters. The first-order valence-electron chi connectivity index (χ1n) is 6.49. The highest BCUT2D eigenvalue weighted by molar-refractivity contribution is 5.72. The standard InChI is InChI=1S/C12H25N3O2/c1-3-10(2)15-8-6-14(7-9-15)5-4-11(13)12(16)17/h10-11H,3-9,13H2,1-2H3,(H,16,17). The molecular formula is C12H25N3O2. The molecule has 1 fully saturated rings. The molecule has 0 aromatic rings. The van der Waals surface area contributed by atoms with Gasteiger partial charge in [-0.05, 0) is 19.8 Å². The molecule has 100 valence electrons. The van der Waals surface area contributed by atoms with Crippen LogP contribution < -0.4 is 5.73 Å². The molecule has 17 heavy (non-hydrogen) atoms. The van der Waals surface area contributed by atoms with Gasteiger partial charge in [-0.15, -0.1) is 0 Å². The number of aliphatic carboxylic acids is 1. The third-order valence-corrected chi connectivity index (χ3v) is 3.69. The van der Waals surface area contributed by atoms with Crippen LogP contribution in [0.2, 0.25) is 0 Å². The van der Waals surface area contributed by atoms with Gasteiger partial charge in [0.1, 0.15) is 6.04 Å². The maximum absolute atomic E-state index is 10.6. The minimum atomic E-state index is -0.900. The van der Waals surface area contributed by atoms with E-state index in [1.807, 2.05) is 0 Å². The summed E-state index contributed by atoms with van der Waals surface area (Å²) in [7, 11) is 0. The Kier molecular flexibility index (Phi) is 5.88. The van der Waals surface area contributed by atoms with Crippen LogP contribution >= 0.6 is 0 Å². The number of nitrogens with two attached hydrogens (primary N) is 1. The van der Waals surface area contributed by atoms with Crippen molar-refractivity contribution in [2.24, 2.45) is 5.73 Å². The van der Waals surface area contributed by atoms with Gasteiger partial charge in [-0.3, -0.25) is 9.69 Å². The molecule has 2 unspecified atom stereocenters. The third-order valence-electron chi connectivity index (χ3n) is 3.69. The normalized spacial score (nSPS) is 22.3. The van der Waals surface area contributed by atoms with Crippen molar-refractivity contribution in [2.75, 3.05) is 32.7 Å². The summed E-state index contributed by atoms with van der Waals surface area (Å²) in [5, 5.41) is 8.71. The molecule has 0 spiro atoms. The highest BCUT2D eigenvalue weighted by Crippen LogP contribution is 2.09. The molecule has 5 heteroatoms. The third kappa shape index (κ3) is 4.61. The molecule has 1 aliphatic rings. The van der Waals surface area contributed by atoms with Crippen molar-refractivity contribution >= 4 is 5.97 Å². The molecule has 0 bridgehead atoms. The first kappa shape index (κ1) is 14.4. The van der Waals surface area contributed by atoms with E-state index in [-0.39, 0.29) is 0 Å². The zero-order valence-corrected chi connectivity index (χ0v) is 10.9. The molecule has 3 N–H and O–H groups in total. The van der Waals surface area contributed by atoms with E-state index in [9.17, 15) is 4.79 Å². The van der Waals surface area contributed by atoms with E-state index in [4.69, 9.17) is 10.8 Å². The minimum Gasteiger partial charge on any atom is -0.480 e. The van der Waals surface area contributed by atoms with Crippen LogP contribution in [0.4, 0.5) is 0 Å². The van der Waals surface area contributed by atoms with Crippen LogP contribution in [0, 0.1) is 0 Å². The molecule has 1 saturated heterocycles. The smallest absolute Gasteiger partial charge is 0.320 e. The quantitative estimate of drug-likeness (QED) is 0.697. The van der Waals surface area contributed by atoms with Gasteiger partial charge in [0.05, 0.1) is 0 Å². The zero-order valence-electron chi connectivity index (χ0n) is 10.9. The largest absolute Gasteiger partial charge is 0.480 e. The van der Waals surface area contributed by atoms with Gasteiger partial charge in [-0.25, -0.2) is 0 Å². The number of hydrogen-bond donors (Lipinski definition) is 2. The van der Waals surface area contributed by atoms with E-state index in [0.717, 1.165) is 32.7 Å². The van der Waals surface area contributed by atoms with Crippen LogP contribution in [0.1, 0.15) is 26.7 Å². The summed E-state index contributed by atoms with van der Waals surface area (Å²) in [6.45, 7) is 9.47. The van der Waals surface area contributed by atoms with Crippen LogP contribution in [0.5, 0.6) is 0 Å². The van der Waals surface area contributed by atoms with E-state index in [0.29, 0.717) is 12.5 Å². The molecular weight excluding hydrogens is 218 g/mol. The van der Waals surface area contributed by atoms with Crippen molar-refractivity contribution in [2.45, 2.75) is 38.8 Å². The Bertz CT molecular complexity index is 240. The summed E-state index contributed by atoms with van der Waals surface area (Å²) < 4.78 is 0. The van der Waals surface area contributed by atoms with Gasteiger partial charge in [0.25, 0.3) is 0 Å². The maximum atomic E-state index is 10.6. The lowest BCUT2D eigenvalue weighted by molar-refractivity contribution is -0.138. The predicted octanol–water partition coefficient (Wildman–Crippen LogP) is 0.205. The number of nitrogens with zero attached hydrogens (tertiary/aromatic N) is 2. The molecule has 0 aromatic heterocycles. The second-order valence-corrected chi connectivity index (χ2v) is 4.87. The number of carboxylic acids is 1. The van der Waals surface area contributed by atoms with Crippen molar-refractivity contribution in [3.63, 3.8) is 0 Å². The van der Waals surface area contributed by atoms with Gasteiger partial charge in [0.15, 0.2) is 0 Å². The second kappa shape index (κ2) is 6.93. The number of carboxylic acid groups (broad SMARTS) is 1.